The summed E-state index contributed by atoms with van der Waals surface area (Å²) in [5.74, 6) is 0. The van der Waals surface area contributed by atoms with Crippen molar-refractivity contribution in [3.8, 4) is 0 Å². The molecule has 0 saturated heterocycles. The minimum absolute atomic E-state index is 0.144. The van der Waals surface area contributed by atoms with Crippen LogP contribution in [-0.4, -0.2) is 11.2 Å². The van der Waals surface area contributed by atoms with Gasteiger partial charge in [-0.3, -0.25) is 0 Å². The summed E-state index contributed by atoms with van der Waals surface area (Å²) in [5, 5.41) is 13.6. The second-order valence-corrected chi connectivity index (χ2v) is 3.56. The molecule has 0 spiro atoms. The van der Waals surface area contributed by atoms with Crippen LogP contribution in [-0.2, 0) is 6.42 Å². The molecule has 11 heavy (non-hydrogen) atoms. The van der Waals surface area contributed by atoms with Gasteiger partial charge in [-0.15, -0.1) is 0 Å². The zero-order valence-electron chi connectivity index (χ0n) is 6.79. The highest BCUT2D eigenvalue weighted by Gasteiger charge is 2.03. The van der Waals surface area contributed by atoms with Gasteiger partial charge in [0.2, 0.25) is 0 Å². The summed E-state index contributed by atoms with van der Waals surface area (Å²) in [5.41, 5.74) is 1.26. The van der Waals surface area contributed by atoms with Crippen LogP contribution in [0.1, 0.15) is 25.3 Å². The molecule has 1 unspecified atom stereocenters. The topological polar surface area (TPSA) is 20.2 Å². The van der Waals surface area contributed by atoms with Gasteiger partial charge in [0.1, 0.15) is 0 Å². The minimum Gasteiger partial charge on any atom is -0.393 e. The molecule has 0 aliphatic carbocycles. The van der Waals surface area contributed by atoms with Crippen molar-refractivity contribution in [1.82, 2.24) is 0 Å². The number of hydrogen-bond acceptors (Lipinski definition) is 2. The minimum atomic E-state index is -0.144. The monoisotopic (exact) mass is 170 g/mol. The van der Waals surface area contributed by atoms with Crippen LogP contribution < -0.4 is 0 Å². The summed E-state index contributed by atoms with van der Waals surface area (Å²) in [7, 11) is 0. The van der Waals surface area contributed by atoms with Crippen LogP contribution in [0.5, 0.6) is 0 Å². The van der Waals surface area contributed by atoms with Gasteiger partial charge in [0.25, 0.3) is 0 Å². The van der Waals surface area contributed by atoms with Crippen molar-refractivity contribution in [1.29, 1.82) is 0 Å². The van der Waals surface area contributed by atoms with E-state index in [4.69, 9.17) is 0 Å². The van der Waals surface area contributed by atoms with Gasteiger partial charge < -0.3 is 5.11 Å². The smallest absolute Gasteiger partial charge is 0.0580 e. The Balaban J connectivity index is 2.31. The lowest BCUT2D eigenvalue weighted by Gasteiger charge is -2.06. The molecule has 1 heterocycles. The first-order valence-electron chi connectivity index (χ1n) is 4.02. The summed E-state index contributed by atoms with van der Waals surface area (Å²) >= 11 is 1.69. The quantitative estimate of drug-likeness (QED) is 0.736. The fraction of sp³-hybridized carbons (Fsp3) is 0.556. The third-order valence-electron chi connectivity index (χ3n) is 1.67. The molecule has 1 rings (SSSR count). The molecule has 1 atom stereocenters. The molecule has 0 aromatic carbocycles. The highest BCUT2D eigenvalue weighted by atomic mass is 32.1. The first-order valence-corrected chi connectivity index (χ1v) is 4.96. The molecule has 0 aliphatic heterocycles. The maximum Gasteiger partial charge on any atom is 0.0580 e. The van der Waals surface area contributed by atoms with Crippen molar-refractivity contribution in [3.63, 3.8) is 0 Å². The molecule has 0 radical (unpaired) electrons. The molecule has 1 aromatic rings. The van der Waals surface area contributed by atoms with Crippen molar-refractivity contribution in [2.24, 2.45) is 0 Å². The maximum absolute atomic E-state index is 9.43. The second kappa shape index (κ2) is 4.52. The Kier molecular flexibility index (Phi) is 3.60. The lowest BCUT2D eigenvalue weighted by molar-refractivity contribution is 0.164. The third kappa shape index (κ3) is 3.04. The fourth-order valence-corrected chi connectivity index (χ4v) is 1.80. The molecule has 2 heteroatoms. The molecule has 0 amide bonds. The highest BCUT2D eigenvalue weighted by Crippen LogP contribution is 2.10. The van der Waals surface area contributed by atoms with E-state index in [0.29, 0.717) is 0 Å². The largest absolute Gasteiger partial charge is 0.393 e. The average Bonchev–Trinajstić information content (AvgIpc) is 2.40. The van der Waals surface area contributed by atoms with Gasteiger partial charge in [-0.2, -0.15) is 11.3 Å². The molecule has 0 fully saturated rings. The van der Waals surface area contributed by atoms with Gasteiger partial charge in [-0.05, 0) is 35.2 Å². The van der Waals surface area contributed by atoms with Crippen molar-refractivity contribution in [3.05, 3.63) is 22.4 Å². The maximum atomic E-state index is 9.43. The zero-order chi connectivity index (χ0) is 8.10. The van der Waals surface area contributed by atoms with E-state index in [0.717, 1.165) is 19.3 Å². The first kappa shape index (κ1) is 8.75. The van der Waals surface area contributed by atoms with Crippen LogP contribution in [0, 0.1) is 0 Å². The van der Waals surface area contributed by atoms with Crippen LogP contribution in [0.2, 0.25) is 0 Å². The third-order valence-corrected chi connectivity index (χ3v) is 2.41. The lowest BCUT2D eigenvalue weighted by Crippen LogP contribution is -2.08. The van der Waals surface area contributed by atoms with E-state index >= 15 is 0 Å². The summed E-state index contributed by atoms with van der Waals surface area (Å²) in [4.78, 5) is 0. The number of hydrogen-bond donors (Lipinski definition) is 1. The second-order valence-electron chi connectivity index (χ2n) is 2.78. The summed E-state index contributed by atoms with van der Waals surface area (Å²) in [6.07, 6.45) is 2.65. The predicted octanol–water partition coefficient (Wildman–Crippen LogP) is 2.45. The highest BCUT2D eigenvalue weighted by molar-refractivity contribution is 7.07. The molecule has 0 bridgehead atoms. The van der Waals surface area contributed by atoms with E-state index in [-0.39, 0.29) is 6.10 Å². The molecule has 0 saturated carbocycles. The van der Waals surface area contributed by atoms with E-state index < -0.39 is 0 Å². The van der Waals surface area contributed by atoms with Crippen molar-refractivity contribution >= 4 is 11.3 Å². The first-order chi connectivity index (χ1) is 5.33. The van der Waals surface area contributed by atoms with Gasteiger partial charge in [0.15, 0.2) is 0 Å². The normalized spacial score (nSPS) is 13.3. The van der Waals surface area contributed by atoms with Crippen molar-refractivity contribution < 1.29 is 5.11 Å². The van der Waals surface area contributed by atoms with E-state index in [9.17, 15) is 5.11 Å². The number of thiophene rings is 1. The van der Waals surface area contributed by atoms with Gasteiger partial charge >= 0.3 is 0 Å². The Hall–Kier alpha value is -0.340. The van der Waals surface area contributed by atoms with Crippen LogP contribution in [0.25, 0.3) is 0 Å². The van der Waals surface area contributed by atoms with Gasteiger partial charge in [0.05, 0.1) is 6.10 Å². The summed E-state index contributed by atoms with van der Waals surface area (Å²) in [6.45, 7) is 2.09. The SMILES string of the molecule is CCCC(O)Cc1ccsc1. The number of aliphatic hydroxyl groups is 1. The fourth-order valence-electron chi connectivity index (χ4n) is 1.12. The van der Waals surface area contributed by atoms with Gasteiger partial charge in [0, 0.05) is 0 Å². The average molecular weight is 170 g/mol. The molecule has 1 nitrogen and oxygen atoms in total. The lowest BCUT2D eigenvalue weighted by atomic mass is 10.1. The molecule has 0 aliphatic rings. The van der Waals surface area contributed by atoms with Crippen molar-refractivity contribution in [2.45, 2.75) is 32.3 Å². The Morgan fingerprint density at radius 2 is 2.45 bits per heavy atom. The van der Waals surface area contributed by atoms with E-state index in [1.54, 1.807) is 11.3 Å². The zero-order valence-corrected chi connectivity index (χ0v) is 7.60. The standard InChI is InChI=1S/C9H14OS/c1-2-3-9(10)6-8-4-5-11-7-8/h4-5,7,9-10H,2-3,6H2,1H3. The summed E-state index contributed by atoms with van der Waals surface area (Å²) in [6, 6.07) is 2.07. The van der Waals surface area contributed by atoms with Gasteiger partial charge in [-0.25, -0.2) is 0 Å². The molecule has 1 N–H and O–H groups in total. The molecular formula is C9H14OS. The van der Waals surface area contributed by atoms with Crippen LogP contribution in [0.15, 0.2) is 16.8 Å². The Morgan fingerprint density at radius 3 is 3.00 bits per heavy atom. The Bertz CT molecular complexity index is 181. The molecule has 62 valence electrons. The number of rotatable bonds is 4. The van der Waals surface area contributed by atoms with E-state index in [2.05, 4.69) is 18.4 Å². The Labute approximate surface area is 71.7 Å². The molecule has 1 aromatic heterocycles. The van der Waals surface area contributed by atoms with Crippen molar-refractivity contribution in [2.75, 3.05) is 0 Å². The van der Waals surface area contributed by atoms with Crippen LogP contribution in [0.4, 0.5) is 0 Å². The number of aliphatic hydroxyl groups excluding tert-OH is 1. The van der Waals surface area contributed by atoms with Gasteiger partial charge in [-0.1, -0.05) is 13.3 Å². The summed E-state index contributed by atoms with van der Waals surface area (Å²) < 4.78 is 0. The predicted molar refractivity (Wildman–Crippen MR) is 48.9 cm³/mol. The Morgan fingerprint density at radius 1 is 1.64 bits per heavy atom. The van der Waals surface area contributed by atoms with E-state index in [1.165, 1.54) is 5.56 Å². The van der Waals surface area contributed by atoms with Crippen LogP contribution in [0.3, 0.4) is 0 Å². The van der Waals surface area contributed by atoms with E-state index in [1.807, 2.05) is 5.38 Å². The molecular weight excluding hydrogens is 156 g/mol. The van der Waals surface area contributed by atoms with Crippen LogP contribution >= 0.6 is 11.3 Å².